The van der Waals surface area contributed by atoms with E-state index in [-0.39, 0.29) is 6.04 Å². The maximum atomic E-state index is 12.1. The Morgan fingerprint density at radius 2 is 1.95 bits per heavy atom. The summed E-state index contributed by atoms with van der Waals surface area (Å²) in [6.45, 7) is 7.84. The van der Waals surface area contributed by atoms with Crippen LogP contribution in [-0.2, 0) is 10.0 Å². The number of hydrogen-bond acceptors (Lipinski definition) is 4. The van der Waals surface area contributed by atoms with Gasteiger partial charge in [0.05, 0.1) is 10.9 Å². The molecule has 0 aromatic carbocycles. The van der Waals surface area contributed by atoms with Crippen molar-refractivity contribution in [2.75, 3.05) is 11.3 Å². The summed E-state index contributed by atoms with van der Waals surface area (Å²) < 4.78 is 27.6. The molecule has 1 heterocycles. The van der Waals surface area contributed by atoms with Crippen molar-refractivity contribution in [3.8, 4) is 0 Å². The Morgan fingerprint density at radius 3 is 2.47 bits per heavy atom. The Morgan fingerprint density at radius 1 is 1.32 bits per heavy atom. The van der Waals surface area contributed by atoms with E-state index in [2.05, 4.69) is 31.0 Å². The molecule has 5 nitrogen and oxygen atoms in total. The molecule has 0 aliphatic carbocycles. The van der Waals surface area contributed by atoms with E-state index in [0.717, 1.165) is 10.2 Å². The average molecular weight is 350 g/mol. The molecule has 0 spiro atoms. The number of pyridine rings is 1. The van der Waals surface area contributed by atoms with Gasteiger partial charge < -0.3 is 5.32 Å². The molecule has 2 N–H and O–H groups in total. The minimum absolute atomic E-state index is 0.255. The Kier molecular flexibility index (Phi) is 5.76. The predicted octanol–water partition coefficient (Wildman–Crippen LogP) is 2.28. The first-order valence-corrected chi connectivity index (χ1v) is 8.44. The van der Waals surface area contributed by atoms with Gasteiger partial charge in [0, 0.05) is 17.1 Å². The van der Waals surface area contributed by atoms with Crippen molar-refractivity contribution in [3.63, 3.8) is 0 Å². The molecule has 0 fully saturated rings. The molecule has 1 unspecified atom stereocenters. The maximum Gasteiger partial charge on any atom is 0.237 e. The predicted molar refractivity (Wildman–Crippen MR) is 81.8 cm³/mol. The fourth-order valence-electron chi connectivity index (χ4n) is 1.36. The molecule has 19 heavy (non-hydrogen) atoms. The number of sulfonamides is 1. The molecule has 108 valence electrons. The van der Waals surface area contributed by atoms with Crippen LogP contribution in [-0.4, -0.2) is 31.2 Å². The van der Waals surface area contributed by atoms with Gasteiger partial charge in [0.2, 0.25) is 10.0 Å². The Labute approximate surface area is 123 Å². The molecule has 1 aromatic rings. The lowest BCUT2D eigenvalue weighted by molar-refractivity contribution is 0.553. The summed E-state index contributed by atoms with van der Waals surface area (Å²) in [7, 11) is -3.43. The van der Waals surface area contributed by atoms with E-state index < -0.39 is 15.3 Å². The number of hydrogen-bond donors (Lipinski definition) is 2. The minimum Gasteiger partial charge on any atom is -0.313 e. The normalized spacial score (nSPS) is 13.6. The first-order chi connectivity index (χ1) is 8.72. The zero-order valence-corrected chi connectivity index (χ0v) is 14.0. The molecule has 0 radical (unpaired) electrons. The summed E-state index contributed by atoms with van der Waals surface area (Å²) in [6.07, 6.45) is 0. The summed E-state index contributed by atoms with van der Waals surface area (Å²) in [4.78, 5) is 4.18. The number of halogens is 1. The van der Waals surface area contributed by atoms with Gasteiger partial charge in [-0.3, -0.25) is 4.72 Å². The Balaban J connectivity index is 2.75. The van der Waals surface area contributed by atoms with Crippen LogP contribution in [0.4, 0.5) is 5.82 Å². The second-order valence-corrected chi connectivity index (χ2v) is 7.74. The third-order valence-corrected chi connectivity index (χ3v) is 5.17. The zero-order valence-electron chi connectivity index (χ0n) is 11.6. The van der Waals surface area contributed by atoms with E-state index in [1.807, 2.05) is 20.8 Å². The van der Waals surface area contributed by atoms with Crippen molar-refractivity contribution >= 4 is 31.8 Å². The van der Waals surface area contributed by atoms with Crippen molar-refractivity contribution in [3.05, 3.63) is 22.3 Å². The van der Waals surface area contributed by atoms with Crippen molar-refractivity contribution in [1.29, 1.82) is 0 Å². The molecule has 0 saturated heterocycles. The van der Waals surface area contributed by atoms with Crippen molar-refractivity contribution in [2.24, 2.45) is 0 Å². The standard InChI is InChI=1S/C12H20BrN3O2S/c1-8(2)14-7-9(3)19(17,18)16-12-6-5-11(13)10(4)15-12/h5-6,8-9,14H,7H2,1-4H3,(H,15,16). The van der Waals surface area contributed by atoms with Crippen LogP contribution in [0, 0.1) is 6.92 Å². The van der Waals surface area contributed by atoms with Crippen LogP contribution in [0.1, 0.15) is 26.5 Å². The topological polar surface area (TPSA) is 71.1 Å². The largest absolute Gasteiger partial charge is 0.313 e. The first-order valence-electron chi connectivity index (χ1n) is 6.10. The Hall–Kier alpha value is -0.660. The molecule has 0 bridgehead atoms. The van der Waals surface area contributed by atoms with Gasteiger partial charge >= 0.3 is 0 Å². The highest BCUT2D eigenvalue weighted by atomic mass is 79.9. The van der Waals surface area contributed by atoms with E-state index in [4.69, 9.17) is 0 Å². The number of anilines is 1. The molecule has 1 aromatic heterocycles. The quantitative estimate of drug-likeness (QED) is 0.826. The lowest BCUT2D eigenvalue weighted by atomic mass is 10.3. The summed E-state index contributed by atoms with van der Waals surface area (Å²) in [6, 6.07) is 3.67. The van der Waals surface area contributed by atoms with Crippen molar-refractivity contribution < 1.29 is 8.42 Å². The second-order valence-electron chi connectivity index (χ2n) is 4.78. The summed E-state index contributed by atoms with van der Waals surface area (Å²) in [5.74, 6) is 0.345. The molecule has 7 heteroatoms. The van der Waals surface area contributed by atoms with Gasteiger partial charge in [0.1, 0.15) is 5.82 Å². The van der Waals surface area contributed by atoms with E-state index in [1.165, 1.54) is 0 Å². The van der Waals surface area contributed by atoms with Gasteiger partial charge in [0.25, 0.3) is 0 Å². The number of nitrogens with zero attached hydrogens (tertiary/aromatic N) is 1. The maximum absolute atomic E-state index is 12.1. The minimum atomic E-state index is -3.43. The third-order valence-electron chi connectivity index (χ3n) is 2.61. The highest BCUT2D eigenvalue weighted by Crippen LogP contribution is 2.17. The van der Waals surface area contributed by atoms with Crippen LogP contribution in [0.5, 0.6) is 0 Å². The molecule has 0 amide bonds. The smallest absolute Gasteiger partial charge is 0.237 e. The number of rotatable bonds is 6. The van der Waals surface area contributed by atoms with E-state index in [9.17, 15) is 8.42 Å². The number of nitrogens with one attached hydrogen (secondary N) is 2. The molecular formula is C12H20BrN3O2S. The third kappa shape index (κ3) is 5.08. The van der Waals surface area contributed by atoms with Gasteiger partial charge in [-0.05, 0) is 41.9 Å². The van der Waals surface area contributed by atoms with Gasteiger partial charge in [-0.1, -0.05) is 13.8 Å². The van der Waals surface area contributed by atoms with Gasteiger partial charge in [-0.15, -0.1) is 0 Å². The first kappa shape index (κ1) is 16.4. The van der Waals surface area contributed by atoms with Crippen LogP contribution in [0.2, 0.25) is 0 Å². The van der Waals surface area contributed by atoms with E-state index >= 15 is 0 Å². The molecule has 0 aliphatic rings. The number of aryl methyl sites for hydroxylation is 1. The highest BCUT2D eigenvalue weighted by molar-refractivity contribution is 9.10. The second kappa shape index (κ2) is 6.67. The van der Waals surface area contributed by atoms with E-state index in [1.54, 1.807) is 19.1 Å². The molecule has 0 aliphatic heterocycles. The van der Waals surface area contributed by atoms with Gasteiger partial charge in [-0.2, -0.15) is 0 Å². The van der Waals surface area contributed by atoms with Crippen LogP contribution in [0.25, 0.3) is 0 Å². The molecule has 0 saturated carbocycles. The zero-order chi connectivity index (χ0) is 14.6. The summed E-state index contributed by atoms with van der Waals surface area (Å²) >= 11 is 3.33. The Bertz CT molecular complexity index is 532. The fourth-order valence-corrected chi connectivity index (χ4v) is 2.50. The molecule has 1 rings (SSSR count). The van der Waals surface area contributed by atoms with E-state index in [0.29, 0.717) is 12.4 Å². The van der Waals surface area contributed by atoms with Crippen LogP contribution in [0.3, 0.4) is 0 Å². The molecular weight excluding hydrogens is 330 g/mol. The van der Waals surface area contributed by atoms with Crippen LogP contribution >= 0.6 is 15.9 Å². The summed E-state index contributed by atoms with van der Waals surface area (Å²) in [5, 5.41) is 2.58. The highest BCUT2D eigenvalue weighted by Gasteiger charge is 2.21. The average Bonchev–Trinajstić information content (AvgIpc) is 2.30. The van der Waals surface area contributed by atoms with Gasteiger partial charge in [-0.25, -0.2) is 13.4 Å². The summed E-state index contributed by atoms with van der Waals surface area (Å²) in [5.41, 5.74) is 0.744. The lowest BCUT2D eigenvalue weighted by Gasteiger charge is -2.16. The fraction of sp³-hybridized carbons (Fsp3) is 0.583. The SMILES string of the molecule is Cc1nc(NS(=O)(=O)C(C)CNC(C)C)ccc1Br. The van der Waals surface area contributed by atoms with Crippen molar-refractivity contribution in [2.45, 2.75) is 39.0 Å². The lowest BCUT2D eigenvalue weighted by Crippen LogP contribution is -2.37. The molecule has 1 atom stereocenters. The van der Waals surface area contributed by atoms with Gasteiger partial charge in [0.15, 0.2) is 0 Å². The van der Waals surface area contributed by atoms with Crippen LogP contribution < -0.4 is 10.0 Å². The van der Waals surface area contributed by atoms with Crippen molar-refractivity contribution in [1.82, 2.24) is 10.3 Å². The monoisotopic (exact) mass is 349 g/mol. The number of aromatic nitrogens is 1. The van der Waals surface area contributed by atoms with Crippen LogP contribution in [0.15, 0.2) is 16.6 Å².